The van der Waals surface area contributed by atoms with Crippen molar-refractivity contribution in [1.29, 1.82) is 0 Å². The molecule has 3 N–H and O–H groups in total. The summed E-state index contributed by atoms with van der Waals surface area (Å²) in [7, 11) is -2.76. The van der Waals surface area contributed by atoms with Gasteiger partial charge in [-0.15, -0.1) is 0 Å². The molecule has 19 heavy (non-hydrogen) atoms. The molecule has 1 saturated carbocycles. The monoisotopic (exact) mass is 288 g/mol. The minimum Gasteiger partial charge on any atom is -0.271 e. The molecule has 0 aromatic carbocycles. The smallest absolute Gasteiger partial charge is 0.150 e. The second kappa shape index (κ2) is 6.55. The summed E-state index contributed by atoms with van der Waals surface area (Å²) in [5.41, 5.74) is 2.98. The molecule has 0 aromatic rings. The van der Waals surface area contributed by atoms with Crippen molar-refractivity contribution >= 4 is 9.84 Å². The summed E-state index contributed by atoms with van der Waals surface area (Å²) in [4.78, 5) is 0. The van der Waals surface area contributed by atoms with Crippen molar-refractivity contribution in [3.63, 3.8) is 0 Å². The Morgan fingerprint density at radius 2 is 2.05 bits per heavy atom. The topological polar surface area (TPSA) is 72.2 Å². The van der Waals surface area contributed by atoms with Gasteiger partial charge in [0.2, 0.25) is 0 Å². The van der Waals surface area contributed by atoms with Crippen LogP contribution >= 0.6 is 0 Å². The predicted molar refractivity (Wildman–Crippen MR) is 78.2 cm³/mol. The van der Waals surface area contributed by atoms with E-state index in [2.05, 4.69) is 12.3 Å². The standard InChI is InChI=1S/C14H28N2O2S/c1-2-11-4-3-5-13(8-11)14(16-15)9-12-6-7-19(17,18)10-12/h11-14,16H,2-10,15H2,1H3. The van der Waals surface area contributed by atoms with Gasteiger partial charge in [-0.3, -0.25) is 11.3 Å². The van der Waals surface area contributed by atoms with Gasteiger partial charge in [-0.1, -0.05) is 26.2 Å². The fourth-order valence-corrected chi connectivity index (χ4v) is 5.76. The molecule has 1 aliphatic heterocycles. The van der Waals surface area contributed by atoms with Crippen LogP contribution < -0.4 is 11.3 Å². The Balaban J connectivity index is 1.89. The summed E-state index contributed by atoms with van der Waals surface area (Å²) in [6.07, 6.45) is 8.15. The Bertz CT molecular complexity index is 383. The van der Waals surface area contributed by atoms with E-state index in [0.717, 1.165) is 18.8 Å². The zero-order valence-electron chi connectivity index (χ0n) is 12.0. The van der Waals surface area contributed by atoms with Gasteiger partial charge >= 0.3 is 0 Å². The molecule has 1 aliphatic carbocycles. The SMILES string of the molecule is CCC1CCCC(C(CC2CCS(=O)(=O)C2)NN)C1. The Labute approximate surface area is 117 Å². The highest BCUT2D eigenvalue weighted by Gasteiger charge is 2.33. The van der Waals surface area contributed by atoms with Gasteiger partial charge in [0.1, 0.15) is 0 Å². The average molecular weight is 288 g/mol. The summed E-state index contributed by atoms with van der Waals surface area (Å²) < 4.78 is 23.1. The lowest BCUT2D eigenvalue weighted by molar-refractivity contribution is 0.191. The van der Waals surface area contributed by atoms with Crippen molar-refractivity contribution in [3.8, 4) is 0 Å². The molecule has 2 fully saturated rings. The molecule has 4 atom stereocenters. The molecule has 0 bridgehead atoms. The molecular weight excluding hydrogens is 260 g/mol. The second-order valence-electron chi connectivity index (χ2n) is 6.48. The molecule has 0 amide bonds. The number of sulfone groups is 1. The summed E-state index contributed by atoms with van der Waals surface area (Å²) in [5.74, 6) is 8.26. The Kier molecular flexibility index (Phi) is 5.26. The van der Waals surface area contributed by atoms with E-state index >= 15 is 0 Å². The molecule has 4 unspecified atom stereocenters. The van der Waals surface area contributed by atoms with Gasteiger partial charge in [-0.2, -0.15) is 0 Å². The highest BCUT2D eigenvalue weighted by molar-refractivity contribution is 7.91. The molecule has 112 valence electrons. The molecular formula is C14H28N2O2S. The quantitative estimate of drug-likeness (QED) is 0.598. The van der Waals surface area contributed by atoms with Crippen molar-refractivity contribution in [2.45, 2.75) is 57.9 Å². The molecule has 0 aromatic heterocycles. The van der Waals surface area contributed by atoms with E-state index in [1.54, 1.807) is 0 Å². The third-order valence-corrected chi connectivity index (χ3v) is 6.93. The number of hydrazine groups is 1. The van der Waals surface area contributed by atoms with Gasteiger partial charge in [0, 0.05) is 6.04 Å². The highest BCUT2D eigenvalue weighted by Crippen LogP contribution is 2.35. The molecule has 2 rings (SSSR count). The maximum atomic E-state index is 11.5. The summed E-state index contributed by atoms with van der Waals surface area (Å²) in [5, 5.41) is 0. The predicted octanol–water partition coefficient (Wildman–Crippen LogP) is 1.86. The zero-order valence-corrected chi connectivity index (χ0v) is 12.8. The molecule has 1 heterocycles. The first-order chi connectivity index (χ1) is 9.04. The van der Waals surface area contributed by atoms with E-state index in [9.17, 15) is 8.42 Å². The van der Waals surface area contributed by atoms with Crippen LogP contribution in [0.5, 0.6) is 0 Å². The molecule has 4 nitrogen and oxygen atoms in total. The van der Waals surface area contributed by atoms with Crippen molar-refractivity contribution in [3.05, 3.63) is 0 Å². The minimum absolute atomic E-state index is 0.299. The number of rotatable bonds is 5. The van der Waals surface area contributed by atoms with Gasteiger partial charge in [0.05, 0.1) is 11.5 Å². The first-order valence-corrected chi connectivity index (χ1v) is 9.52. The van der Waals surface area contributed by atoms with E-state index in [-0.39, 0.29) is 0 Å². The third-order valence-electron chi connectivity index (χ3n) is 5.10. The molecule has 2 aliphatic rings. The second-order valence-corrected chi connectivity index (χ2v) is 8.71. The van der Waals surface area contributed by atoms with Crippen LogP contribution in [0.1, 0.15) is 51.9 Å². The Morgan fingerprint density at radius 1 is 1.26 bits per heavy atom. The first kappa shape index (κ1) is 15.3. The summed E-state index contributed by atoms with van der Waals surface area (Å²) in [6, 6.07) is 0.299. The van der Waals surface area contributed by atoms with E-state index in [1.165, 1.54) is 32.1 Å². The number of nitrogens with one attached hydrogen (secondary N) is 1. The summed E-state index contributed by atoms with van der Waals surface area (Å²) in [6.45, 7) is 2.27. The lowest BCUT2D eigenvalue weighted by Crippen LogP contribution is -2.44. The van der Waals surface area contributed by atoms with Gasteiger partial charge in [0.15, 0.2) is 9.84 Å². The van der Waals surface area contributed by atoms with Gasteiger partial charge < -0.3 is 0 Å². The number of hydrogen-bond acceptors (Lipinski definition) is 4. The molecule has 0 spiro atoms. The van der Waals surface area contributed by atoms with Crippen LogP contribution in [0.2, 0.25) is 0 Å². The zero-order chi connectivity index (χ0) is 13.9. The van der Waals surface area contributed by atoms with Crippen molar-refractivity contribution < 1.29 is 8.42 Å². The van der Waals surface area contributed by atoms with Crippen LogP contribution in [0.15, 0.2) is 0 Å². The van der Waals surface area contributed by atoms with E-state index in [1.807, 2.05) is 0 Å². The van der Waals surface area contributed by atoms with Crippen LogP contribution in [0, 0.1) is 17.8 Å². The fraction of sp³-hybridized carbons (Fsp3) is 1.00. The van der Waals surface area contributed by atoms with Gasteiger partial charge in [-0.05, 0) is 43.4 Å². The van der Waals surface area contributed by atoms with Gasteiger partial charge in [-0.25, -0.2) is 8.42 Å². The number of nitrogens with two attached hydrogens (primary N) is 1. The first-order valence-electron chi connectivity index (χ1n) is 7.70. The van der Waals surface area contributed by atoms with Crippen LogP contribution in [-0.2, 0) is 9.84 Å². The van der Waals surface area contributed by atoms with Crippen LogP contribution in [0.4, 0.5) is 0 Å². The summed E-state index contributed by atoms with van der Waals surface area (Å²) >= 11 is 0. The normalized spacial score (nSPS) is 36.2. The molecule has 1 saturated heterocycles. The largest absolute Gasteiger partial charge is 0.271 e. The third kappa shape index (κ3) is 4.17. The van der Waals surface area contributed by atoms with E-state index in [0.29, 0.717) is 29.4 Å². The highest BCUT2D eigenvalue weighted by atomic mass is 32.2. The van der Waals surface area contributed by atoms with E-state index < -0.39 is 9.84 Å². The number of hydrogen-bond donors (Lipinski definition) is 2. The van der Waals surface area contributed by atoms with Gasteiger partial charge in [0.25, 0.3) is 0 Å². The van der Waals surface area contributed by atoms with Crippen molar-refractivity contribution in [2.24, 2.45) is 23.6 Å². The fourth-order valence-electron chi connectivity index (χ4n) is 3.88. The van der Waals surface area contributed by atoms with Crippen molar-refractivity contribution in [2.75, 3.05) is 11.5 Å². The van der Waals surface area contributed by atoms with Crippen LogP contribution in [0.3, 0.4) is 0 Å². The molecule has 0 radical (unpaired) electrons. The van der Waals surface area contributed by atoms with Crippen LogP contribution in [0.25, 0.3) is 0 Å². The van der Waals surface area contributed by atoms with Crippen molar-refractivity contribution in [1.82, 2.24) is 5.43 Å². The lowest BCUT2D eigenvalue weighted by atomic mass is 9.75. The lowest BCUT2D eigenvalue weighted by Gasteiger charge is -2.35. The van der Waals surface area contributed by atoms with E-state index in [4.69, 9.17) is 5.84 Å². The molecule has 5 heteroatoms. The minimum atomic E-state index is -2.76. The Hall–Kier alpha value is -0.130. The average Bonchev–Trinajstić information content (AvgIpc) is 2.75. The maximum Gasteiger partial charge on any atom is 0.150 e. The maximum absolute atomic E-state index is 11.5. The Morgan fingerprint density at radius 3 is 2.63 bits per heavy atom. The van der Waals surface area contributed by atoms with Crippen LogP contribution in [-0.4, -0.2) is 26.0 Å².